The zero-order chi connectivity index (χ0) is 8.55. The van der Waals surface area contributed by atoms with Gasteiger partial charge in [-0.3, -0.25) is 0 Å². The Hall–Kier alpha value is -0.700. The molecule has 0 fully saturated rings. The molecule has 2 rings (SSSR count). The van der Waals surface area contributed by atoms with Crippen LogP contribution in [0.4, 0.5) is 0 Å². The number of rotatable bonds is 0. The van der Waals surface area contributed by atoms with E-state index in [1.54, 1.807) is 36.4 Å². The predicted molar refractivity (Wildman–Crippen MR) is 48.4 cm³/mol. The van der Waals surface area contributed by atoms with Crippen molar-refractivity contribution in [3.8, 4) is 11.5 Å². The third-order valence-corrected chi connectivity index (χ3v) is 1.81. The Kier molecular flexibility index (Phi) is 3.20. The first-order chi connectivity index (χ1) is 5.75. The maximum Gasteiger partial charge on any atom is 1.00 e. The van der Waals surface area contributed by atoms with E-state index in [4.69, 9.17) is 10.2 Å². The molecule has 0 bridgehead atoms. The van der Waals surface area contributed by atoms with Crippen molar-refractivity contribution < 1.29 is 41.2 Å². The van der Waals surface area contributed by atoms with Gasteiger partial charge in [-0.05, 0) is 35.0 Å². The van der Waals surface area contributed by atoms with Crippen LogP contribution in [0.25, 0.3) is 10.8 Å². The summed E-state index contributed by atoms with van der Waals surface area (Å²) in [6.45, 7) is 0. The van der Waals surface area contributed by atoms with Gasteiger partial charge in [0.15, 0.2) is 0 Å². The summed E-state index contributed by atoms with van der Waals surface area (Å²) in [5, 5.41) is 20.1. The quantitative estimate of drug-likeness (QED) is 0.535. The van der Waals surface area contributed by atoms with Crippen molar-refractivity contribution in [2.45, 2.75) is 0 Å². The number of aromatic hydroxyl groups is 2. The Labute approximate surface area is 99.6 Å². The van der Waals surface area contributed by atoms with E-state index in [-0.39, 0.29) is 42.5 Å². The minimum atomic E-state index is 0. The molecule has 0 saturated heterocycles. The van der Waals surface area contributed by atoms with Crippen LogP contribution < -0.4 is 29.6 Å². The van der Waals surface area contributed by atoms with Crippen molar-refractivity contribution in [3.05, 3.63) is 36.4 Å². The fourth-order valence-corrected chi connectivity index (χ4v) is 1.22. The maximum atomic E-state index is 9.14. The van der Waals surface area contributed by atoms with Crippen LogP contribution in [0.1, 0.15) is 1.43 Å². The monoisotopic (exact) mass is 184 g/mol. The molecule has 0 aliphatic heterocycles. The molecule has 0 atom stereocenters. The maximum absolute atomic E-state index is 9.14. The van der Waals surface area contributed by atoms with Gasteiger partial charge in [-0.2, -0.15) is 0 Å². The molecule has 0 spiro atoms. The number of fused-ring (bicyclic) bond motifs is 1. The summed E-state index contributed by atoms with van der Waals surface area (Å²) in [7, 11) is 0. The largest absolute Gasteiger partial charge is 1.00 e. The molecule has 0 amide bonds. The van der Waals surface area contributed by atoms with Crippen molar-refractivity contribution >= 4 is 10.8 Å². The van der Waals surface area contributed by atoms with Gasteiger partial charge in [0.1, 0.15) is 11.5 Å². The van der Waals surface area contributed by atoms with Gasteiger partial charge in [0.2, 0.25) is 0 Å². The first-order valence-corrected chi connectivity index (χ1v) is 3.67. The molecule has 0 aliphatic rings. The van der Waals surface area contributed by atoms with Crippen LogP contribution in [0.15, 0.2) is 36.4 Å². The molecule has 13 heavy (non-hydrogen) atoms. The SMILES string of the molecule is Oc1ccc2cc(O)ccc2c1.[H-].[Na+]. The van der Waals surface area contributed by atoms with E-state index in [9.17, 15) is 0 Å². The van der Waals surface area contributed by atoms with Gasteiger partial charge < -0.3 is 11.6 Å². The summed E-state index contributed by atoms with van der Waals surface area (Å²) in [6, 6.07) is 10.1. The third-order valence-electron chi connectivity index (χ3n) is 1.81. The zero-order valence-electron chi connectivity index (χ0n) is 8.36. The first-order valence-electron chi connectivity index (χ1n) is 3.67. The van der Waals surface area contributed by atoms with Crippen LogP contribution in [0.3, 0.4) is 0 Å². The molecular formula is C10H9NaO2. The van der Waals surface area contributed by atoms with Gasteiger partial charge in [0.05, 0.1) is 0 Å². The van der Waals surface area contributed by atoms with E-state index in [1.807, 2.05) is 0 Å². The van der Waals surface area contributed by atoms with E-state index in [0.29, 0.717) is 0 Å². The molecule has 0 aromatic heterocycles. The van der Waals surface area contributed by atoms with Gasteiger partial charge in [-0.25, -0.2) is 0 Å². The molecule has 2 aromatic carbocycles. The van der Waals surface area contributed by atoms with Crippen molar-refractivity contribution in [1.82, 2.24) is 0 Å². The Morgan fingerprint density at radius 3 is 1.54 bits per heavy atom. The first kappa shape index (κ1) is 10.4. The molecule has 0 radical (unpaired) electrons. The normalized spacial score (nSPS) is 9.54. The fourth-order valence-electron chi connectivity index (χ4n) is 1.22. The molecular weight excluding hydrogens is 175 g/mol. The van der Waals surface area contributed by atoms with Gasteiger partial charge in [0.25, 0.3) is 0 Å². The Morgan fingerprint density at radius 1 is 0.769 bits per heavy atom. The molecule has 3 heteroatoms. The summed E-state index contributed by atoms with van der Waals surface area (Å²) >= 11 is 0. The van der Waals surface area contributed by atoms with Gasteiger partial charge in [0, 0.05) is 0 Å². The molecule has 2 N–H and O–H groups in total. The van der Waals surface area contributed by atoms with Crippen LogP contribution in [-0.4, -0.2) is 10.2 Å². The van der Waals surface area contributed by atoms with E-state index >= 15 is 0 Å². The molecule has 0 unspecified atom stereocenters. The van der Waals surface area contributed by atoms with Crippen molar-refractivity contribution in [2.75, 3.05) is 0 Å². The third kappa shape index (κ3) is 2.15. The topological polar surface area (TPSA) is 40.5 Å². The van der Waals surface area contributed by atoms with Crippen LogP contribution in [-0.2, 0) is 0 Å². The van der Waals surface area contributed by atoms with Crippen molar-refractivity contribution in [3.63, 3.8) is 0 Å². The van der Waals surface area contributed by atoms with Crippen molar-refractivity contribution in [1.29, 1.82) is 0 Å². The summed E-state index contributed by atoms with van der Waals surface area (Å²) in [6.07, 6.45) is 0. The smallest absolute Gasteiger partial charge is 1.00 e. The van der Waals surface area contributed by atoms with Gasteiger partial charge >= 0.3 is 29.6 Å². The fraction of sp³-hybridized carbons (Fsp3) is 0. The van der Waals surface area contributed by atoms with E-state index in [1.165, 1.54) is 0 Å². The summed E-state index contributed by atoms with van der Waals surface area (Å²) < 4.78 is 0. The Morgan fingerprint density at radius 2 is 1.15 bits per heavy atom. The Bertz CT molecular complexity index is 390. The van der Waals surface area contributed by atoms with Crippen LogP contribution >= 0.6 is 0 Å². The van der Waals surface area contributed by atoms with Crippen molar-refractivity contribution in [2.24, 2.45) is 0 Å². The number of hydrogen-bond acceptors (Lipinski definition) is 2. The minimum absolute atomic E-state index is 0. The molecule has 2 nitrogen and oxygen atoms in total. The van der Waals surface area contributed by atoms with Gasteiger partial charge in [-0.1, -0.05) is 12.1 Å². The summed E-state index contributed by atoms with van der Waals surface area (Å²) in [4.78, 5) is 0. The molecule has 62 valence electrons. The Balaban J connectivity index is 0.000000845. The minimum Gasteiger partial charge on any atom is -1.00 e. The van der Waals surface area contributed by atoms with Gasteiger partial charge in [-0.15, -0.1) is 0 Å². The van der Waals surface area contributed by atoms with Crippen LogP contribution in [0, 0.1) is 0 Å². The van der Waals surface area contributed by atoms with Crippen LogP contribution in [0.2, 0.25) is 0 Å². The molecule has 0 saturated carbocycles. The van der Waals surface area contributed by atoms with Crippen LogP contribution in [0.5, 0.6) is 11.5 Å². The predicted octanol–water partition coefficient (Wildman–Crippen LogP) is -0.633. The average molecular weight is 184 g/mol. The summed E-state index contributed by atoms with van der Waals surface area (Å²) in [5.74, 6) is 0.487. The van der Waals surface area contributed by atoms with E-state index < -0.39 is 0 Å². The molecule has 0 aliphatic carbocycles. The molecule has 2 aromatic rings. The number of hydrogen-bond donors (Lipinski definition) is 2. The number of phenolic OH excluding ortho intramolecular Hbond substituents is 2. The standard InChI is InChI=1S/C10H8O2.Na.H/c11-9-3-1-7-5-10(12)4-2-8(7)6-9;;/h1-6,11-12H;;/q;+1;-1. The summed E-state index contributed by atoms with van der Waals surface area (Å²) in [5.41, 5.74) is 0. The van der Waals surface area contributed by atoms with E-state index in [0.717, 1.165) is 10.8 Å². The second kappa shape index (κ2) is 4.01. The number of benzene rings is 2. The number of phenols is 2. The molecule has 0 heterocycles. The second-order valence-electron chi connectivity index (χ2n) is 2.72. The second-order valence-corrected chi connectivity index (χ2v) is 2.72. The average Bonchev–Trinajstić information content (AvgIpc) is 2.05. The zero-order valence-corrected chi connectivity index (χ0v) is 9.36. The van der Waals surface area contributed by atoms with E-state index in [2.05, 4.69) is 0 Å².